The Morgan fingerprint density at radius 2 is 2.22 bits per heavy atom. The molecule has 1 aliphatic carbocycles. The van der Waals surface area contributed by atoms with Gasteiger partial charge in [-0.2, -0.15) is 0 Å². The molecule has 2 N–H and O–H groups in total. The monoisotopic (exact) mass is 378 g/mol. The van der Waals surface area contributed by atoms with E-state index in [2.05, 4.69) is 12.7 Å². The standard InChI is InChI=1S/C20H26O7/c1-11-5-4-7-20(3)17(27-20)16-15(12(2)18(23)26-16)14(9-11)25-19(24)13(10-22)6-8-21/h5-6,14-17,21-22H,2,4,7-10H2,1,3H3/b11-5+,13-6+. The summed E-state index contributed by atoms with van der Waals surface area (Å²) >= 11 is 0. The van der Waals surface area contributed by atoms with Crippen LogP contribution in [0, 0.1) is 5.92 Å². The van der Waals surface area contributed by atoms with Gasteiger partial charge in [-0.05, 0) is 32.8 Å². The van der Waals surface area contributed by atoms with E-state index in [9.17, 15) is 14.7 Å². The Kier molecular flexibility index (Phi) is 5.55. The molecule has 3 rings (SSSR count). The number of aliphatic hydroxyl groups is 2. The molecular weight excluding hydrogens is 352 g/mol. The van der Waals surface area contributed by atoms with Crippen LogP contribution in [0.1, 0.15) is 33.1 Å². The van der Waals surface area contributed by atoms with Gasteiger partial charge in [0.25, 0.3) is 0 Å². The fraction of sp³-hybridized carbons (Fsp3) is 0.600. The number of aliphatic hydroxyl groups excluding tert-OH is 2. The van der Waals surface area contributed by atoms with Crippen molar-refractivity contribution in [1.29, 1.82) is 0 Å². The van der Waals surface area contributed by atoms with E-state index >= 15 is 0 Å². The summed E-state index contributed by atoms with van der Waals surface area (Å²) in [4.78, 5) is 24.6. The topological polar surface area (TPSA) is 106 Å². The zero-order valence-electron chi connectivity index (χ0n) is 15.6. The minimum Gasteiger partial charge on any atom is -0.458 e. The van der Waals surface area contributed by atoms with Crippen LogP contribution in [-0.4, -0.2) is 59.3 Å². The summed E-state index contributed by atoms with van der Waals surface area (Å²) in [5.74, 6) is -1.76. The van der Waals surface area contributed by atoms with Crippen molar-refractivity contribution in [2.24, 2.45) is 5.92 Å². The highest BCUT2D eigenvalue weighted by Crippen LogP contribution is 2.50. The second kappa shape index (κ2) is 7.58. The largest absolute Gasteiger partial charge is 0.458 e. The molecule has 3 aliphatic rings. The first kappa shape index (κ1) is 19.8. The summed E-state index contributed by atoms with van der Waals surface area (Å²) in [5, 5.41) is 18.4. The summed E-state index contributed by atoms with van der Waals surface area (Å²) in [7, 11) is 0. The van der Waals surface area contributed by atoms with Crippen molar-refractivity contribution in [2.75, 3.05) is 13.2 Å². The molecule has 2 fully saturated rings. The first-order valence-corrected chi connectivity index (χ1v) is 9.15. The molecule has 2 saturated heterocycles. The summed E-state index contributed by atoms with van der Waals surface area (Å²) in [6, 6.07) is 0. The minimum atomic E-state index is -0.730. The molecular formula is C20H26O7. The maximum Gasteiger partial charge on any atom is 0.336 e. The molecule has 0 aromatic heterocycles. The van der Waals surface area contributed by atoms with Crippen molar-refractivity contribution >= 4 is 11.9 Å². The molecule has 0 aromatic rings. The van der Waals surface area contributed by atoms with Gasteiger partial charge in [0.15, 0.2) is 0 Å². The van der Waals surface area contributed by atoms with Gasteiger partial charge in [-0.3, -0.25) is 0 Å². The summed E-state index contributed by atoms with van der Waals surface area (Å²) in [5.41, 5.74) is 0.888. The van der Waals surface area contributed by atoms with E-state index in [0.29, 0.717) is 6.42 Å². The lowest BCUT2D eigenvalue weighted by Crippen LogP contribution is -2.38. The molecule has 2 aliphatic heterocycles. The molecule has 27 heavy (non-hydrogen) atoms. The third-order valence-corrected chi connectivity index (χ3v) is 5.59. The van der Waals surface area contributed by atoms with Gasteiger partial charge in [-0.1, -0.05) is 18.2 Å². The molecule has 7 nitrogen and oxygen atoms in total. The molecule has 5 atom stereocenters. The van der Waals surface area contributed by atoms with Gasteiger partial charge in [0, 0.05) is 12.0 Å². The van der Waals surface area contributed by atoms with Gasteiger partial charge >= 0.3 is 11.9 Å². The first-order valence-electron chi connectivity index (χ1n) is 9.15. The zero-order valence-corrected chi connectivity index (χ0v) is 15.6. The number of epoxide rings is 1. The van der Waals surface area contributed by atoms with Crippen LogP contribution in [-0.2, 0) is 23.8 Å². The molecule has 0 bridgehead atoms. The molecule has 5 unspecified atom stereocenters. The molecule has 2 heterocycles. The van der Waals surface area contributed by atoms with Crippen LogP contribution in [0.2, 0.25) is 0 Å². The van der Waals surface area contributed by atoms with E-state index < -0.39 is 36.7 Å². The van der Waals surface area contributed by atoms with Crippen LogP contribution < -0.4 is 0 Å². The number of hydrogen-bond acceptors (Lipinski definition) is 7. The number of allylic oxidation sites excluding steroid dienone is 1. The van der Waals surface area contributed by atoms with Crippen molar-refractivity contribution in [1.82, 2.24) is 0 Å². The lowest BCUT2D eigenvalue weighted by molar-refractivity contribution is -0.149. The number of hydrogen-bond donors (Lipinski definition) is 2. The predicted octanol–water partition coefficient (Wildman–Crippen LogP) is 1.19. The SMILES string of the molecule is C=C1C(=O)OC2C1C(OC(=O)/C(=C/CO)CO)C/C(C)=C/CCC1(C)OC21. The quantitative estimate of drug-likeness (QED) is 0.328. The van der Waals surface area contributed by atoms with E-state index in [4.69, 9.17) is 19.3 Å². The van der Waals surface area contributed by atoms with E-state index in [0.717, 1.165) is 18.4 Å². The molecule has 0 spiro atoms. The van der Waals surface area contributed by atoms with Crippen LogP contribution in [0.5, 0.6) is 0 Å². The van der Waals surface area contributed by atoms with Crippen molar-refractivity contribution in [3.05, 3.63) is 35.5 Å². The van der Waals surface area contributed by atoms with Crippen LogP contribution in [0.25, 0.3) is 0 Å². The molecule has 0 amide bonds. The normalized spacial score (nSPS) is 38.2. The van der Waals surface area contributed by atoms with E-state index in [-0.39, 0.29) is 29.5 Å². The number of ether oxygens (including phenoxy) is 3. The Labute approximate surface area is 158 Å². The third-order valence-electron chi connectivity index (χ3n) is 5.59. The van der Waals surface area contributed by atoms with Crippen LogP contribution >= 0.6 is 0 Å². The average molecular weight is 378 g/mol. The Balaban J connectivity index is 1.92. The molecule has 0 radical (unpaired) electrons. The molecule has 7 heteroatoms. The molecule has 0 aromatic carbocycles. The first-order chi connectivity index (χ1) is 12.8. The number of esters is 2. The summed E-state index contributed by atoms with van der Waals surface area (Å²) < 4.78 is 17.1. The lowest BCUT2D eigenvalue weighted by atomic mass is 9.82. The Morgan fingerprint density at radius 3 is 2.89 bits per heavy atom. The van der Waals surface area contributed by atoms with Gasteiger partial charge in [0.2, 0.25) is 0 Å². The Morgan fingerprint density at radius 1 is 1.48 bits per heavy atom. The van der Waals surface area contributed by atoms with Gasteiger partial charge in [-0.15, -0.1) is 0 Å². The van der Waals surface area contributed by atoms with Crippen LogP contribution in [0.15, 0.2) is 35.5 Å². The number of carbonyl (C=O) groups is 2. The summed E-state index contributed by atoms with van der Waals surface area (Å²) in [6.45, 7) is 6.86. The maximum atomic E-state index is 12.5. The summed E-state index contributed by atoms with van der Waals surface area (Å²) in [6.07, 6.45) is 3.85. The average Bonchev–Trinajstić information content (AvgIpc) is 3.19. The van der Waals surface area contributed by atoms with E-state index in [1.54, 1.807) is 0 Å². The lowest BCUT2D eigenvalue weighted by Gasteiger charge is -2.28. The highest BCUT2D eigenvalue weighted by molar-refractivity contribution is 5.92. The smallest absolute Gasteiger partial charge is 0.336 e. The van der Waals surface area contributed by atoms with Gasteiger partial charge in [0.1, 0.15) is 18.3 Å². The predicted molar refractivity (Wildman–Crippen MR) is 95.5 cm³/mol. The Hall–Kier alpha value is -1.96. The minimum absolute atomic E-state index is 0.0314. The van der Waals surface area contributed by atoms with Gasteiger partial charge in [0.05, 0.1) is 30.3 Å². The third kappa shape index (κ3) is 3.85. The van der Waals surface area contributed by atoms with Crippen molar-refractivity contribution in [3.8, 4) is 0 Å². The van der Waals surface area contributed by atoms with Gasteiger partial charge in [-0.25, -0.2) is 9.59 Å². The fourth-order valence-electron chi connectivity index (χ4n) is 3.95. The van der Waals surface area contributed by atoms with E-state index in [1.165, 1.54) is 6.08 Å². The molecule has 148 valence electrons. The zero-order chi connectivity index (χ0) is 19.8. The number of carbonyl (C=O) groups excluding carboxylic acids is 2. The van der Waals surface area contributed by atoms with Gasteiger partial charge < -0.3 is 24.4 Å². The maximum absolute atomic E-state index is 12.5. The highest BCUT2D eigenvalue weighted by atomic mass is 16.6. The van der Waals surface area contributed by atoms with Crippen molar-refractivity contribution < 1.29 is 34.0 Å². The van der Waals surface area contributed by atoms with Crippen molar-refractivity contribution in [3.63, 3.8) is 0 Å². The van der Waals surface area contributed by atoms with Crippen molar-refractivity contribution in [2.45, 2.75) is 57.0 Å². The fourth-order valence-corrected chi connectivity index (χ4v) is 3.95. The number of fused-ring (bicyclic) bond motifs is 3. The number of rotatable bonds is 4. The van der Waals surface area contributed by atoms with E-state index in [1.807, 2.05) is 13.8 Å². The Bertz CT molecular complexity index is 707. The molecule has 0 saturated carbocycles. The highest BCUT2D eigenvalue weighted by Gasteiger charge is 2.63. The second-order valence-corrected chi connectivity index (χ2v) is 7.58. The van der Waals surface area contributed by atoms with Crippen LogP contribution in [0.4, 0.5) is 0 Å². The second-order valence-electron chi connectivity index (χ2n) is 7.58. The van der Waals surface area contributed by atoms with Crippen LogP contribution in [0.3, 0.4) is 0 Å².